The van der Waals surface area contributed by atoms with Crippen LogP contribution in [0.25, 0.3) is 5.69 Å². The summed E-state index contributed by atoms with van der Waals surface area (Å²) in [6.45, 7) is -0.328. The molecule has 30 heavy (non-hydrogen) atoms. The Morgan fingerprint density at radius 2 is 1.67 bits per heavy atom. The molecule has 0 aliphatic rings. The molecule has 0 aliphatic heterocycles. The number of hydrogen-bond donors (Lipinski definition) is 2. The number of aromatic carboxylic acids is 1. The van der Waals surface area contributed by atoms with Crippen LogP contribution >= 0.6 is 0 Å². The lowest BCUT2D eigenvalue weighted by atomic mass is 10.1. The van der Waals surface area contributed by atoms with Gasteiger partial charge in [-0.25, -0.2) is 9.48 Å². The minimum absolute atomic E-state index is 0.0143. The van der Waals surface area contributed by atoms with Crippen LogP contribution in [-0.2, 0) is 20.7 Å². The van der Waals surface area contributed by atoms with E-state index in [1.54, 1.807) is 60.7 Å². The topological polar surface area (TPSA) is 128 Å². The molecular weight excluding hydrogens is 410 g/mol. The maximum Gasteiger partial charge on any atom is 0.356 e. The second kappa shape index (κ2) is 8.89. The first kappa shape index (κ1) is 21.2. The maximum atomic E-state index is 13.1. The molecular formula is C20H19N3O6S. The molecule has 0 aliphatic carbocycles. The summed E-state index contributed by atoms with van der Waals surface area (Å²) in [5, 5.41) is 16.4. The number of benzene rings is 2. The summed E-state index contributed by atoms with van der Waals surface area (Å²) in [6.07, 6.45) is 0.751. The molecule has 0 atom stereocenters. The van der Waals surface area contributed by atoms with Crippen molar-refractivity contribution in [3.8, 4) is 5.69 Å². The van der Waals surface area contributed by atoms with Crippen LogP contribution in [0.1, 0.15) is 26.5 Å². The Morgan fingerprint density at radius 1 is 1.07 bits per heavy atom. The molecule has 1 heterocycles. The number of carbonyl (C=O) groups is 2. The average Bonchev–Trinajstić information content (AvgIpc) is 3.08. The standard InChI is InChI=1S/C20H19N3O6S/c1-30(27,28)29-13-12-16-17(20(25)26)22-23(15-10-6-3-7-11-15)18(16)19(24)21-14-8-4-2-5-9-14/h2-11H,12-13H2,1H3,(H,21,24)(H,25,26). The molecule has 0 saturated carbocycles. The van der Waals surface area contributed by atoms with Crippen LogP contribution in [0.2, 0.25) is 0 Å². The van der Waals surface area contributed by atoms with Gasteiger partial charge in [0, 0.05) is 17.7 Å². The van der Waals surface area contributed by atoms with Crippen LogP contribution in [0.15, 0.2) is 60.7 Å². The fraction of sp³-hybridized carbons (Fsp3) is 0.150. The van der Waals surface area contributed by atoms with E-state index in [0.29, 0.717) is 11.4 Å². The molecule has 0 radical (unpaired) electrons. The van der Waals surface area contributed by atoms with E-state index in [2.05, 4.69) is 10.4 Å². The first-order valence-electron chi connectivity index (χ1n) is 8.87. The van der Waals surface area contributed by atoms with Crippen molar-refractivity contribution in [2.24, 2.45) is 0 Å². The maximum absolute atomic E-state index is 13.1. The van der Waals surface area contributed by atoms with Gasteiger partial charge in [0.15, 0.2) is 5.69 Å². The van der Waals surface area contributed by atoms with E-state index < -0.39 is 22.0 Å². The zero-order valence-corrected chi connectivity index (χ0v) is 16.8. The summed E-state index contributed by atoms with van der Waals surface area (Å²) < 4.78 is 28.6. The van der Waals surface area contributed by atoms with E-state index in [9.17, 15) is 23.1 Å². The average molecular weight is 429 g/mol. The van der Waals surface area contributed by atoms with Gasteiger partial charge in [0.2, 0.25) is 0 Å². The van der Waals surface area contributed by atoms with Crippen molar-refractivity contribution in [3.63, 3.8) is 0 Å². The van der Waals surface area contributed by atoms with Crippen molar-refractivity contribution in [1.82, 2.24) is 9.78 Å². The quantitative estimate of drug-likeness (QED) is 0.526. The number of para-hydroxylation sites is 2. The van der Waals surface area contributed by atoms with Crippen LogP contribution < -0.4 is 5.32 Å². The highest BCUT2D eigenvalue weighted by Crippen LogP contribution is 2.22. The summed E-state index contributed by atoms with van der Waals surface area (Å²) in [4.78, 5) is 24.9. The third-order valence-electron chi connectivity index (χ3n) is 4.08. The molecule has 2 aromatic carbocycles. The second-order valence-corrected chi connectivity index (χ2v) is 7.97. The normalized spacial score (nSPS) is 11.2. The molecule has 2 N–H and O–H groups in total. The van der Waals surface area contributed by atoms with Gasteiger partial charge in [-0.1, -0.05) is 36.4 Å². The van der Waals surface area contributed by atoms with Gasteiger partial charge >= 0.3 is 5.97 Å². The summed E-state index contributed by atoms with van der Waals surface area (Å²) in [5.41, 5.74) is 0.698. The van der Waals surface area contributed by atoms with Crippen molar-refractivity contribution < 1.29 is 27.3 Å². The predicted molar refractivity (Wildman–Crippen MR) is 109 cm³/mol. The summed E-state index contributed by atoms with van der Waals surface area (Å²) in [7, 11) is -3.73. The highest BCUT2D eigenvalue weighted by Gasteiger charge is 2.28. The van der Waals surface area contributed by atoms with Crippen LogP contribution in [0.5, 0.6) is 0 Å². The number of aromatic nitrogens is 2. The molecule has 0 fully saturated rings. The molecule has 1 amide bonds. The lowest BCUT2D eigenvalue weighted by Crippen LogP contribution is -2.19. The van der Waals surface area contributed by atoms with E-state index >= 15 is 0 Å². The lowest BCUT2D eigenvalue weighted by Gasteiger charge is -2.10. The number of carbonyl (C=O) groups excluding carboxylic acids is 1. The Kier molecular flexibility index (Phi) is 6.28. The number of carboxylic acid groups (broad SMARTS) is 1. The van der Waals surface area contributed by atoms with E-state index in [-0.39, 0.29) is 30.0 Å². The molecule has 3 aromatic rings. The Labute approximate surface area is 173 Å². The molecule has 10 heteroatoms. The number of carboxylic acids is 1. The molecule has 3 rings (SSSR count). The molecule has 1 aromatic heterocycles. The van der Waals surface area contributed by atoms with E-state index in [4.69, 9.17) is 4.18 Å². The van der Waals surface area contributed by atoms with Gasteiger partial charge in [-0.2, -0.15) is 13.5 Å². The van der Waals surface area contributed by atoms with Crippen molar-refractivity contribution in [2.75, 3.05) is 18.2 Å². The Bertz CT molecular complexity index is 1160. The zero-order chi connectivity index (χ0) is 21.7. The van der Waals surface area contributed by atoms with Gasteiger partial charge in [0.05, 0.1) is 18.6 Å². The number of anilines is 1. The highest BCUT2D eigenvalue weighted by molar-refractivity contribution is 7.85. The van der Waals surface area contributed by atoms with Crippen molar-refractivity contribution >= 4 is 27.7 Å². The molecule has 0 unspecified atom stereocenters. The minimum atomic E-state index is -3.73. The SMILES string of the molecule is CS(=O)(=O)OCCc1c(C(=O)O)nn(-c2ccccc2)c1C(=O)Nc1ccccc1. The minimum Gasteiger partial charge on any atom is -0.476 e. The zero-order valence-electron chi connectivity index (χ0n) is 16.0. The smallest absolute Gasteiger partial charge is 0.356 e. The van der Waals surface area contributed by atoms with Crippen LogP contribution in [0.3, 0.4) is 0 Å². The predicted octanol–water partition coefficient (Wildman–Crippen LogP) is 2.34. The molecule has 156 valence electrons. The highest BCUT2D eigenvalue weighted by atomic mass is 32.2. The van der Waals surface area contributed by atoms with Gasteiger partial charge in [-0.05, 0) is 24.3 Å². The Hall–Kier alpha value is -3.50. The number of amides is 1. The van der Waals surface area contributed by atoms with Gasteiger partial charge in [0.1, 0.15) is 5.69 Å². The number of hydrogen-bond acceptors (Lipinski definition) is 6. The van der Waals surface area contributed by atoms with Gasteiger partial charge < -0.3 is 10.4 Å². The molecule has 0 saturated heterocycles. The summed E-state index contributed by atoms with van der Waals surface area (Å²) in [5.74, 6) is -1.92. The van der Waals surface area contributed by atoms with Crippen LogP contribution in [-0.4, -0.2) is 48.0 Å². The lowest BCUT2D eigenvalue weighted by molar-refractivity contribution is 0.0688. The number of nitrogens with one attached hydrogen (secondary N) is 1. The monoisotopic (exact) mass is 429 g/mol. The Balaban J connectivity index is 2.09. The first-order chi connectivity index (χ1) is 14.3. The molecule has 0 bridgehead atoms. The van der Waals surface area contributed by atoms with E-state index in [0.717, 1.165) is 6.26 Å². The largest absolute Gasteiger partial charge is 0.476 e. The molecule has 0 spiro atoms. The van der Waals surface area contributed by atoms with Gasteiger partial charge in [-0.3, -0.25) is 8.98 Å². The van der Waals surface area contributed by atoms with Crippen LogP contribution in [0, 0.1) is 0 Å². The van der Waals surface area contributed by atoms with Crippen molar-refractivity contribution in [3.05, 3.63) is 77.6 Å². The fourth-order valence-corrected chi connectivity index (χ4v) is 3.24. The third kappa shape index (κ3) is 5.10. The van der Waals surface area contributed by atoms with Crippen LogP contribution in [0.4, 0.5) is 5.69 Å². The Morgan fingerprint density at radius 3 is 2.23 bits per heavy atom. The van der Waals surface area contributed by atoms with Gasteiger partial charge in [-0.15, -0.1) is 0 Å². The van der Waals surface area contributed by atoms with Crippen molar-refractivity contribution in [2.45, 2.75) is 6.42 Å². The van der Waals surface area contributed by atoms with Crippen molar-refractivity contribution in [1.29, 1.82) is 0 Å². The van der Waals surface area contributed by atoms with Gasteiger partial charge in [0.25, 0.3) is 16.0 Å². The third-order valence-corrected chi connectivity index (χ3v) is 4.68. The first-order valence-corrected chi connectivity index (χ1v) is 10.7. The number of rotatable bonds is 8. The summed E-state index contributed by atoms with van der Waals surface area (Å²) >= 11 is 0. The van der Waals surface area contributed by atoms with E-state index in [1.165, 1.54) is 4.68 Å². The molecule has 9 nitrogen and oxygen atoms in total. The second-order valence-electron chi connectivity index (χ2n) is 6.32. The fourth-order valence-electron chi connectivity index (χ4n) is 2.86. The van der Waals surface area contributed by atoms with E-state index in [1.807, 2.05) is 0 Å². The summed E-state index contributed by atoms with van der Waals surface area (Å²) in [6, 6.07) is 17.2. The number of nitrogens with zero attached hydrogens (tertiary/aromatic N) is 2.